The van der Waals surface area contributed by atoms with E-state index in [0.29, 0.717) is 17.6 Å². The summed E-state index contributed by atoms with van der Waals surface area (Å²) in [6.07, 6.45) is 4.32. The number of benzene rings is 1. The van der Waals surface area contributed by atoms with Crippen molar-refractivity contribution in [2.45, 2.75) is 38.4 Å². The fraction of sp³-hybridized carbons (Fsp3) is 0.333. The zero-order chi connectivity index (χ0) is 20.6. The van der Waals surface area contributed by atoms with Gasteiger partial charge in [-0.2, -0.15) is 0 Å². The molecule has 0 aliphatic heterocycles. The third-order valence-electron chi connectivity index (χ3n) is 4.33. The number of nitrogens with zero attached hydrogens (tertiary/aromatic N) is 4. The summed E-state index contributed by atoms with van der Waals surface area (Å²) in [7, 11) is 0. The standard InChI is InChI=1S/C21H25N5O2S/c1-4-15(3)23-19(27)14-29-21-25-24-20(16-10-12-22-13-11-16)26(21)17-8-6-7-9-18(17)28-5-2/h6-13,15H,4-5,14H2,1-3H3,(H,23,27). The summed E-state index contributed by atoms with van der Waals surface area (Å²) in [5, 5.41) is 12.4. The molecule has 152 valence electrons. The maximum atomic E-state index is 12.3. The summed E-state index contributed by atoms with van der Waals surface area (Å²) in [6.45, 7) is 6.52. The first-order valence-electron chi connectivity index (χ1n) is 9.64. The lowest BCUT2D eigenvalue weighted by Gasteiger charge is -2.15. The van der Waals surface area contributed by atoms with E-state index in [0.717, 1.165) is 23.4 Å². The van der Waals surface area contributed by atoms with Crippen molar-refractivity contribution in [1.82, 2.24) is 25.1 Å². The van der Waals surface area contributed by atoms with Gasteiger partial charge in [0, 0.05) is 24.0 Å². The van der Waals surface area contributed by atoms with E-state index in [1.54, 1.807) is 12.4 Å². The summed E-state index contributed by atoms with van der Waals surface area (Å²) in [6, 6.07) is 11.7. The number of amides is 1. The minimum absolute atomic E-state index is 0.0255. The van der Waals surface area contributed by atoms with Gasteiger partial charge in [-0.15, -0.1) is 10.2 Å². The van der Waals surface area contributed by atoms with Gasteiger partial charge < -0.3 is 10.1 Å². The van der Waals surface area contributed by atoms with E-state index in [1.165, 1.54) is 11.8 Å². The van der Waals surface area contributed by atoms with Crippen LogP contribution in [0.15, 0.2) is 53.9 Å². The van der Waals surface area contributed by atoms with Crippen LogP contribution in [0, 0.1) is 0 Å². The highest BCUT2D eigenvalue weighted by Gasteiger charge is 2.20. The number of aromatic nitrogens is 4. The maximum Gasteiger partial charge on any atom is 0.230 e. The van der Waals surface area contributed by atoms with Gasteiger partial charge in [0.1, 0.15) is 5.75 Å². The van der Waals surface area contributed by atoms with E-state index < -0.39 is 0 Å². The van der Waals surface area contributed by atoms with Gasteiger partial charge in [-0.25, -0.2) is 0 Å². The Kier molecular flexibility index (Phi) is 7.24. The molecular formula is C21H25N5O2S. The molecule has 1 amide bonds. The average molecular weight is 412 g/mol. The van der Waals surface area contributed by atoms with Crippen LogP contribution < -0.4 is 10.1 Å². The zero-order valence-corrected chi connectivity index (χ0v) is 17.6. The van der Waals surface area contributed by atoms with E-state index in [4.69, 9.17) is 4.74 Å². The van der Waals surface area contributed by atoms with E-state index in [1.807, 2.05) is 61.7 Å². The summed E-state index contributed by atoms with van der Waals surface area (Å²) >= 11 is 1.35. The Bertz CT molecular complexity index is 945. The molecule has 0 saturated heterocycles. The average Bonchev–Trinajstić information content (AvgIpc) is 3.17. The topological polar surface area (TPSA) is 81.9 Å². The Morgan fingerprint density at radius 2 is 1.93 bits per heavy atom. The largest absolute Gasteiger partial charge is 0.492 e. The van der Waals surface area contributed by atoms with Crippen molar-refractivity contribution >= 4 is 17.7 Å². The fourth-order valence-electron chi connectivity index (χ4n) is 2.74. The number of ether oxygens (including phenoxy) is 1. The highest BCUT2D eigenvalue weighted by Crippen LogP contribution is 2.32. The molecule has 29 heavy (non-hydrogen) atoms. The SMILES string of the molecule is CCOc1ccccc1-n1c(SCC(=O)NC(C)CC)nnc1-c1ccncc1. The fourth-order valence-corrected chi connectivity index (χ4v) is 3.49. The van der Waals surface area contributed by atoms with E-state index in [-0.39, 0.29) is 17.7 Å². The van der Waals surface area contributed by atoms with Gasteiger partial charge >= 0.3 is 0 Å². The molecule has 0 spiro atoms. The quantitative estimate of drug-likeness (QED) is 0.540. The highest BCUT2D eigenvalue weighted by atomic mass is 32.2. The van der Waals surface area contributed by atoms with Crippen molar-refractivity contribution in [1.29, 1.82) is 0 Å². The van der Waals surface area contributed by atoms with Crippen molar-refractivity contribution in [3.63, 3.8) is 0 Å². The first-order chi connectivity index (χ1) is 14.1. The minimum Gasteiger partial charge on any atom is -0.492 e. The Balaban J connectivity index is 1.98. The molecule has 1 N–H and O–H groups in total. The number of nitrogens with one attached hydrogen (secondary N) is 1. The van der Waals surface area contributed by atoms with Crippen LogP contribution >= 0.6 is 11.8 Å². The van der Waals surface area contributed by atoms with E-state index >= 15 is 0 Å². The molecule has 0 fully saturated rings. The van der Waals surface area contributed by atoms with Crippen molar-refractivity contribution in [2.24, 2.45) is 0 Å². The number of pyridine rings is 1. The number of carbonyl (C=O) groups excluding carboxylic acids is 1. The molecule has 0 aliphatic rings. The molecule has 3 aromatic rings. The van der Waals surface area contributed by atoms with Gasteiger partial charge in [-0.3, -0.25) is 14.3 Å². The summed E-state index contributed by atoms with van der Waals surface area (Å²) < 4.78 is 7.75. The van der Waals surface area contributed by atoms with Gasteiger partial charge in [0.2, 0.25) is 5.91 Å². The molecule has 1 unspecified atom stereocenters. The van der Waals surface area contributed by atoms with Crippen LogP contribution in [-0.4, -0.2) is 44.1 Å². The minimum atomic E-state index is -0.0255. The Labute approximate surface area is 174 Å². The van der Waals surface area contributed by atoms with Crippen LogP contribution in [0.25, 0.3) is 17.1 Å². The number of thioether (sulfide) groups is 1. The second kappa shape index (κ2) is 10.1. The normalized spacial score (nSPS) is 11.8. The first-order valence-corrected chi connectivity index (χ1v) is 10.6. The highest BCUT2D eigenvalue weighted by molar-refractivity contribution is 7.99. The van der Waals surface area contributed by atoms with Crippen LogP contribution in [0.1, 0.15) is 27.2 Å². The molecule has 7 nitrogen and oxygen atoms in total. The van der Waals surface area contributed by atoms with Crippen LogP contribution in [0.4, 0.5) is 0 Å². The van der Waals surface area contributed by atoms with Crippen molar-refractivity contribution in [3.05, 3.63) is 48.8 Å². The third-order valence-corrected chi connectivity index (χ3v) is 5.26. The molecule has 1 aromatic carbocycles. The predicted octanol–water partition coefficient (Wildman–Crippen LogP) is 3.73. The van der Waals surface area contributed by atoms with Crippen molar-refractivity contribution in [2.75, 3.05) is 12.4 Å². The third kappa shape index (κ3) is 5.14. The van der Waals surface area contributed by atoms with E-state index in [9.17, 15) is 4.79 Å². The number of rotatable bonds is 9. The van der Waals surface area contributed by atoms with E-state index in [2.05, 4.69) is 20.5 Å². The van der Waals surface area contributed by atoms with Crippen LogP contribution in [0.3, 0.4) is 0 Å². The number of hydrogen-bond donors (Lipinski definition) is 1. The molecule has 3 rings (SSSR count). The Morgan fingerprint density at radius 3 is 2.66 bits per heavy atom. The van der Waals surface area contributed by atoms with Crippen LogP contribution in [-0.2, 0) is 4.79 Å². The maximum absolute atomic E-state index is 12.3. The lowest BCUT2D eigenvalue weighted by Crippen LogP contribution is -2.33. The lowest BCUT2D eigenvalue weighted by atomic mass is 10.2. The molecule has 0 saturated carbocycles. The molecule has 0 aliphatic carbocycles. The molecule has 1 atom stereocenters. The Hall–Kier alpha value is -2.87. The van der Waals surface area contributed by atoms with Gasteiger partial charge in [-0.1, -0.05) is 30.8 Å². The smallest absolute Gasteiger partial charge is 0.230 e. The van der Waals surface area contributed by atoms with Crippen LogP contribution in [0.5, 0.6) is 5.75 Å². The van der Waals surface area contributed by atoms with Gasteiger partial charge in [-0.05, 0) is 44.5 Å². The van der Waals surface area contributed by atoms with Crippen molar-refractivity contribution < 1.29 is 9.53 Å². The second-order valence-electron chi connectivity index (χ2n) is 6.44. The molecule has 0 radical (unpaired) electrons. The molecule has 2 aromatic heterocycles. The lowest BCUT2D eigenvalue weighted by molar-refractivity contribution is -0.119. The zero-order valence-electron chi connectivity index (χ0n) is 16.8. The molecule has 8 heteroatoms. The van der Waals surface area contributed by atoms with Gasteiger partial charge in [0.05, 0.1) is 18.0 Å². The molecule has 2 heterocycles. The monoisotopic (exact) mass is 411 g/mol. The first kappa shape index (κ1) is 20.9. The second-order valence-corrected chi connectivity index (χ2v) is 7.39. The Morgan fingerprint density at radius 1 is 1.17 bits per heavy atom. The summed E-state index contributed by atoms with van der Waals surface area (Å²) in [5.41, 5.74) is 1.71. The van der Waals surface area contributed by atoms with Gasteiger partial charge in [0.25, 0.3) is 0 Å². The number of carbonyl (C=O) groups is 1. The van der Waals surface area contributed by atoms with Crippen LogP contribution in [0.2, 0.25) is 0 Å². The predicted molar refractivity (Wildman–Crippen MR) is 114 cm³/mol. The van der Waals surface area contributed by atoms with Gasteiger partial charge in [0.15, 0.2) is 11.0 Å². The molecule has 0 bridgehead atoms. The van der Waals surface area contributed by atoms with Crippen molar-refractivity contribution in [3.8, 4) is 22.8 Å². The number of hydrogen-bond acceptors (Lipinski definition) is 6. The molecular weight excluding hydrogens is 386 g/mol. The summed E-state index contributed by atoms with van der Waals surface area (Å²) in [4.78, 5) is 16.3. The summed E-state index contributed by atoms with van der Waals surface area (Å²) in [5.74, 6) is 1.64. The number of para-hydroxylation sites is 2.